The van der Waals surface area contributed by atoms with E-state index in [-0.39, 0.29) is 6.42 Å². The minimum absolute atomic E-state index is 0.173. The number of carboxylic acid groups (broad SMARTS) is 1. The summed E-state index contributed by atoms with van der Waals surface area (Å²) in [6.45, 7) is 5.17. The first-order valence-corrected chi connectivity index (χ1v) is 7.29. The van der Waals surface area contributed by atoms with Gasteiger partial charge in [0.05, 0.1) is 0 Å². The largest absolute Gasteiger partial charge is 0.480 e. The quantitative estimate of drug-likeness (QED) is 0.905. The van der Waals surface area contributed by atoms with Gasteiger partial charge in [0.2, 0.25) is 0 Å². The van der Waals surface area contributed by atoms with Gasteiger partial charge in [0, 0.05) is 24.2 Å². The number of amides is 1. The second-order valence-corrected chi connectivity index (χ2v) is 6.30. The minimum atomic E-state index is -1.11. The fraction of sp³-hybridized carbons (Fsp3) is 0.353. The minimum Gasteiger partial charge on any atom is -0.480 e. The molecule has 6 heteroatoms. The zero-order chi connectivity index (χ0) is 17.0. The lowest BCUT2D eigenvalue weighted by Gasteiger charge is -2.22. The summed E-state index contributed by atoms with van der Waals surface area (Å²) < 4.78 is 5.10. The monoisotopic (exact) mass is 316 g/mol. The first-order chi connectivity index (χ1) is 10.7. The summed E-state index contributed by atoms with van der Waals surface area (Å²) in [5.41, 5.74) is 0.135. The first-order valence-electron chi connectivity index (χ1n) is 7.29. The SMILES string of the molecule is CC(C)(C)OC(=O)N[C@H](Cc1ccc2cnccc2c1)C(=O)O. The topological polar surface area (TPSA) is 88.5 Å². The third-order valence-electron chi connectivity index (χ3n) is 3.13. The van der Waals surface area contributed by atoms with E-state index in [9.17, 15) is 14.7 Å². The molecule has 0 saturated heterocycles. The Morgan fingerprint density at radius 2 is 2.00 bits per heavy atom. The summed E-state index contributed by atoms with van der Waals surface area (Å²) in [5, 5.41) is 13.7. The summed E-state index contributed by atoms with van der Waals surface area (Å²) >= 11 is 0. The number of ether oxygens (including phenoxy) is 1. The van der Waals surface area contributed by atoms with Crippen LogP contribution in [0.5, 0.6) is 0 Å². The van der Waals surface area contributed by atoms with Gasteiger partial charge in [0.25, 0.3) is 0 Å². The molecule has 1 amide bonds. The van der Waals surface area contributed by atoms with Gasteiger partial charge in [-0.25, -0.2) is 9.59 Å². The van der Waals surface area contributed by atoms with Crippen LogP contribution in [-0.4, -0.2) is 33.8 Å². The van der Waals surface area contributed by atoms with Gasteiger partial charge in [-0.3, -0.25) is 4.98 Å². The number of nitrogens with one attached hydrogen (secondary N) is 1. The molecule has 0 fully saturated rings. The number of rotatable bonds is 4. The number of carbonyl (C=O) groups is 2. The van der Waals surface area contributed by atoms with Gasteiger partial charge in [-0.15, -0.1) is 0 Å². The highest BCUT2D eigenvalue weighted by Gasteiger charge is 2.24. The van der Waals surface area contributed by atoms with Crippen LogP contribution in [0.3, 0.4) is 0 Å². The number of nitrogens with zero attached hydrogens (tertiary/aromatic N) is 1. The molecule has 2 N–H and O–H groups in total. The summed E-state index contributed by atoms with van der Waals surface area (Å²) in [5.74, 6) is -1.11. The molecule has 2 rings (SSSR count). The second kappa shape index (κ2) is 6.64. The smallest absolute Gasteiger partial charge is 0.408 e. The number of benzene rings is 1. The number of hydrogen-bond donors (Lipinski definition) is 2. The maximum atomic E-state index is 11.8. The molecule has 23 heavy (non-hydrogen) atoms. The van der Waals surface area contributed by atoms with Crippen LogP contribution >= 0.6 is 0 Å². The second-order valence-electron chi connectivity index (χ2n) is 6.30. The van der Waals surface area contributed by atoms with E-state index in [1.807, 2.05) is 24.3 Å². The van der Waals surface area contributed by atoms with Crippen LogP contribution < -0.4 is 5.32 Å². The Morgan fingerprint density at radius 3 is 2.65 bits per heavy atom. The Kier molecular flexibility index (Phi) is 4.83. The molecular formula is C17H20N2O4. The first kappa shape index (κ1) is 16.7. The molecule has 2 aromatic rings. The average molecular weight is 316 g/mol. The van der Waals surface area contributed by atoms with Crippen molar-refractivity contribution in [3.63, 3.8) is 0 Å². The number of aromatic nitrogens is 1. The molecule has 122 valence electrons. The highest BCUT2D eigenvalue weighted by atomic mass is 16.6. The Morgan fingerprint density at radius 1 is 1.26 bits per heavy atom. The third-order valence-corrected chi connectivity index (χ3v) is 3.13. The fourth-order valence-electron chi connectivity index (χ4n) is 2.15. The molecule has 1 atom stereocenters. The maximum Gasteiger partial charge on any atom is 0.408 e. The van der Waals surface area contributed by atoms with Gasteiger partial charge in [-0.2, -0.15) is 0 Å². The van der Waals surface area contributed by atoms with E-state index in [0.29, 0.717) is 0 Å². The van der Waals surface area contributed by atoms with Gasteiger partial charge < -0.3 is 15.2 Å². The Balaban J connectivity index is 2.11. The molecule has 1 aromatic heterocycles. The molecule has 0 radical (unpaired) electrons. The van der Waals surface area contributed by atoms with Crippen LogP contribution in [-0.2, 0) is 16.0 Å². The van der Waals surface area contributed by atoms with E-state index in [2.05, 4.69) is 10.3 Å². The number of fused-ring (bicyclic) bond motifs is 1. The molecule has 0 aliphatic rings. The van der Waals surface area contributed by atoms with Crippen molar-refractivity contribution < 1.29 is 19.4 Å². The predicted octanol–water partition coefficient (Wildman–Crippen LogP) is 2.76. The number of carboxylic acids is 1. The molecule has 0 spiro atoms. The van der Waals surface area contributed by atoms with Crippen molar-refractivity contribution in [3.05, 3.63) is 42.2 Å². The van der Waals surface area contributed by atoms with Crippen LogP contribution in [0.25, 0.3) is 10.8 Å². The van der Waals surface area contributed by atoms with Crippen molar-refractivity contribution in [1.29, 1.82) is 0 Å². The van der Waals surface area contributed by atoms with E-state index in [4.69, 9.17) is 4.74 Å². The number of hydrogen-bond acceptors (Lipinski definition) is 4. The van der Waals surface area contributed by atoms with Crippen LogP contribution in [0, 0.1) is 0 Å². The fourth-order valence-corrected chi connectivity index (χ4v) is 2.15. The molecule has 0 aliphatic heterocycles. The Labute approximate surface area is 134 Å². The van der Waals surface area contributed by atoms with Crippen molar-refractivity contribution in [3.8, 4) is 0 Å². The predicted molar refractivity (Wildman–Crippen MR) is 86.2 cm³/mol. The number of pyridine rings is 1. The molecule has 0 unspecified atom stereocenters. The summed E-state index contributed by atoms with van der Waals surface area (Å²) in [4.78, 5) is 27.2. The third kappa shape index (κ3) is 4.95. The van der Waals surface area contributed by atoms with Gasteiger partial charge in [0.1, 0.15) is 11.6 Å². The zero-order valence-electron chi connectivity index (χ0n) is 13.4. The van der Waals surface area contributed by atoms with E-state index in [0.717, 1.165) is 16.3 Å². The normalized spacial score (nSPS) is 12.7. The lowest BCUT2D eigenvalue weighted by molar-refractivity contribution is -0.139. The van der Waals surface area contributed by atoms with Crippen LogP contribution in [0.15, 0.2) is 36.7 Å². The van der Waals surface area contributed by atoms with Crippen molar-refractivity contribution >= 4 is 22.8 Å². The van der Waals surface area contributed by atoms with Gasteiger partial charge >= 0.3 is 12.1 Å². The van der Waals surface area contributed by atoms with Crippen molar-refractivity contribution in [1.82, 2.24) is 10.3 Å². The molecule has 1 aromatic carbocycles. The van der Waals surface area contributed by atoms with Gasteiger partial charge in [0.15, 0.2) is 0 Å². The number of alkyl carbamates (subject to hydrolysis) is 1. The average Bonchev–Trinajstić information content (AvgIpc) is 2.44. The molecule has 0 bridgehead atoms. The molecule has 6 nitrogen and oxygen atoms in total. The summed E-state index contributed by atoms with van der Waals surface area (Å²) in [6.07, 6.45) is 2.86. The van der Waals surface area contributed by atoms with E-state index in [1.165, 1.54) is 0 Å². The number of carbonyl (C=O) groups excluding carboxylic acids is 1. The Bertz CT molecular complexity index is 722. The van der Waals surface area contributed by atoms with E-state index in [1.54, 1.807) is 33.2 Å². The van der Waals surface area contributed by atoms with Crippen LogP contribution in [0.4, 0.5) is 4.79 Å². The summed E-state index contributed by atoms with van der Waals surface area (Å²) in [6, 6.07) is 6.41. The zero-order valence-corrected chi connectivity index (χ0v) is 13.4. The standard InChI is InChI=1S/C17H20N2O4/c1-17(2,3)23-16(22)19-14(15(20)21)9-11-4-5-13-10-18-7-6-12(13)8-11/h4-8,10,14H,9H2,1-3H3,(H,19,22)(H,20,21)/t14-/m1/s1. The van der Waals surface area contributed by atoms with Crippen molar-refractivity contribution in [2.75, 3.05) is 0 Å². The number of aliphatic carboxylic acids is 1. The van der Waals surface area contributed by atoms with Crippen LogP contribution in [0.2, 0.25) is 0 Å². The van der Waals surface area contributed by atoms with Crippen molar-refractivity contribution in [2.45, 2.75) is 38.8 Å². The lowest BCUT2D eigenvalue weighted by atomic mass is 10.0. The lowest BCUT2D eigenvalue weighted by Crippen LogP contribution is -2.44. The molecule has 0 saturated carbocycles. The maximum absolute atomic E-state index is 11.8. The van der Waals surface area contributed by atoms with Crippen molar-refractivity contribution in [2.24, 2.45) is 0 Å². The Hall–Kier alpha value is -2.63. The summed E-state index contributed by atoms with van der Waals surface area (Å²) in [7, 11) is 0. The molecule has 0 aliphatic carbocycles. The highest BCUT2D eigenvalue weighted by molar-refractivity contribution is 5.83. The van der Waals surface area contributed by atoms with E-state index >= 15 is 0 Å². The van der Waals surface area contributed by atoms with Crippen LogP contribution in [0.1, 0.15) is 26.3 Å². The van der Waals surface area contributed by atoms with E-state index < -0.39 is 23.7 Å². The van der Waals surface area contributed by atoms with Gasteiger partial charge in [-0.1, -0.05) is 18.2 Å². The van der Waals surface area contributed by atoms with Gasteiger partial charge in [-0.05, 0) is 37.8 Å². The molecule has 1 heterocycles. The highest BCUT2D eigenvalue weighted by Crippen LogP contribution is 2.16. The molecular weight excluding hydrogens is 296 g/mol.